The molecule has 2 saturated carbocycles. The number of aliphatic imine (C=N–C) groups is 1. The van der Waals surface area contributed by atoms with Gasteiger partial charge in [-0.15, -0.1) is 0 Å². The Bertz CT molecular complexity index is 841. The van der Waals surface area contributed by atoms with Gasteiger partial charge in [-0.25, -0.2) is 4.79 Å². The first-order valence-electron chi connectivity index (χ1n) is 15.4. The van der Waals surface area contributed by atoms with Crippen LogP contribution in [0, 0.1) is 11.8 Å². The van der Waals surface area contributed by atoms with Gasteiger partial charge in [0.1, 0.15) is 5.60 Å². The second kappa shape index (κ2) is 16.2. The lowest BCUT2D eigenvalue weighted by Gasteiger charge is -2.38. The van der Waals surface area contributed by atoms with E-state index in [2.05, 4.69) is 51.7 Å². The molecule has 3 rings (SSSR count). The fourth-order valence-corrected chi connectivity index (χ4v) is 5.59. The molecule has 1 saturated heterocycles. The van der Waals surface area contributed by atoms with E-state index in [9.17, 15) is 4.79 Å². The van der Waals surface area contributed by atoms with Gasteiger partial charge in [0.15, 0.2) is 0 Å². The summed E-state index contributed by atoms with van der Waals surface area (Å²) < 4.78 is 5.53. The molecule has 38 heavy (non-hydrogen) atoms. The van der Waals surface area contributed by atoms with Gasteiger partial charge in [0.2, 0.25) is 0 Å². The van der Waals surface area contributed by atoms with E-state index < -0.39 is 5.60 Å². The first-order chi connectivity index (χ1) is 18.1. The second-order valence-electron chi connectivity index (χ2n) is 12.2. The summed E-state index contributed by atoms with van der Waals surface area (Å²) in [4.78, 5) is 21.3. The third-order valence-electron chi connectivity index (χ3n) is 7.78. The molecular weight excluding hydrogens is 470 g/mol. The quantitative estimate of drug-likeness (QED) is 0.234. The summed E-state index contributed by atoms with van der Waals surface area (Å²) in [7, 11) is 0. The van der Waals surface area contributed by atoms with Crippen molar-refractivity contribution < 1.29 is 9.53 Å². The van der Waals surface area contributed by atoms with Crippen molar-refractivity contribution in [2.24, 2.45) is 16.8 Å². The van der Waals surface area contributed by atoms with E-state index in [1.54, 1.807) is 0 Å². The van der Waals surface area contributed by atoms with E-state index in [-0.39, 0.29) is 6.09 Å². The first kappa shape index (κ1) is 32.2. The van der Waals surface area contributed by atoms with Crippen molar-refractivity contribution in [1.29, 1.82) is 0 Å². The highest BCUT2D eigenvalue weighted by Gasteiger charge is 2.32. The molecule has 3 aliphatic rings. The first-order valence-corrected chi connectivity index (χ1v) is 15.4. The maximum atomic E-state index is 12.4. The zero-order chi connectivity index (χ0) is 28.1. The van der Waals surface area contributed by atoms with Gasteiger partial charge in [-0.1, -0.05) is 70.9 Å². The molecule has 216 valence electrons. The maximum Gasteiger partial charge on any atom is 0.410 e. The van der Waals surface area contributed by atoms with E-state index in [4.69, 9.17) is 9.73 Å². The van der Waals surface area contributed by atoms with Crippen molar-refractivity contribution in [1.82, 2.24) is 9.80 Å². The molecule has 0 aromatic carbocycles. The van der Waals surface area contributed by atoms with Crippen molar-refractivity contribution in [3.63, 3.8) is 0 Å². The molecule has 0 bridgehead atoms. The van der Waals surface area contributed by atoms with Crippen molar-refractivity contribution in [2.75, 3.05) is 26.2 Å². The molecule has 5 nitrogen and oxygen atoms in total. The molecule has 0 radical (unpaired) electrons. The third kappa shape index (κ3) is 11.0. The van der Waals surface area contributed by atoms with Crippen LogP contribution in [0.15, 0.2) is 40.2 Å². The Morgan fingerprint density at radius 3 is 2.05 bits per heavy atom. The van der Waals surface area contributed by atoms with Crippen LogP contribution in [-0.4, -0.2) is 53.4 Å². The van der Waals surface area contributed by atoms with Gasteiger partial charge in [-0.05, 0) is 78.2 Å². The van der Waals surface area contributed by atoms with Crippen LogP contribution in [0.2, 0.25) is 0 Å². The van der Waals surface area contributed by atoms with Gasteiger partial charge in [-0.3, -0.25) is 4.99 Å². The highest BCUT2D eigenvalue weighted by atomic mass is 16.6. The summed E-state index contributed by atoms with van der Waals surface area (Å²) in [6.45, 7) is 19.6. The number of nitrogens with zero attached hydrogens (tertiary/aromatic N) is 3. The van der Waals surface area contributed by atoms with Gasteiger partial charge in [0, 0.05) is 49.4 Å². The van der Waals surface area contributed by atoms with Crippen molar-refractivity contribution >= 4 is 11.8 Å². The van der Waals surface area contributed by atoms with Crippen LogP contribution in [0.3, 0.4) is 0 Å². The molecule has 3 fully saturated rings. The number of carbonyl (C=O) groups excluding carboxylic acids is 1. The standard InChI is InChI=1S/C24H39N3O2.C9H18/c1-8-10-13-25-18(3)22(21(9-2)20-11-12-20)19(4)26-14-16-27(17-15-26)23(28)29-24(5,6)7;1-2-6-9-7-4-3-5-8-9/h9-10,13,20H,8,11-12,14-17H2,1-7H3;9H,2-8H2,1H3/b13-10+,21-9-,22-19-,25-18+;. The van der Waals surface area contributed by atoms with Gasteiger partial charge >= 0.3 is 6.09 Å². The topological polar surface area (TPSA) is 45.1 Å². The lowest BCUT2D eigenvalue weighted by atomic mass is 9.86. The van der Waals surface area contributed by atoms with Crippen molar-refractivity contribution in [3.05, 3.63) is 35.2 Å². The smallest absolute Gasteiger partial charge is 0.410 e. The van der Waals surface area contributed by atoms with Crippen LogP contribution in [-0.2, 0) is 4.74 Å². The Hall–Kier alpha value is -2.04. The SMILES string of the molecule is CCCC1CCCCC1.C\C=C(C(/C(C)=N/C=C/CC)=C(/C)N1CCN(C(=O)OC(C)(C)C)CC1)\C1CC1. The highest BCUT2D eigenvalue weighted by molar-refractivity contribution is 6.03. The lowest BCUT2D eigenvalue weighted by Crippen LogP contribution is -2.49. The van der Waals surface area contributed by atoms with Crippen LogP contribution < -0.4 is 0 Å². The fraction of sp³-hybridized carbons (Fsp3) is 0.758. The summed E-state index contributed by atoms with van der Waals surface area (Å²) >= 11 is 0. The largest absolute Gasteiger partial charge is 0.444 e. The molecular formula is C33H57N3O2. The normalized spacial score (nSPS) is 20.7. The Morgan fingerprint density at radius 2 is 1.55 bits per heavy atom. The van der Waals surface area contributed by atoms with E-state index in [0.29, 0.717) is 19.0 Å². The molecule has 0 aromatic rings. The number of hydrogen-bond acceptors (Lipinski definition) is 4. The third-order valence-corrected chi connectivity index (χ3v) is 7.78. The molecule has 0 N–H and O–H groups in total. The van der Waals surface area contributed by atoms with E-state index >= 15 is 0 Å². The average Bonchev–Trinajstić information content (AvgIpc) is 3.72. The van der Waals surface area contributed by atoms with Gasteiger partial charge in [0.05, 0.1) is 0 Å². The van der Waals surface area contributed by atoms with Gasteiger partial charge in [0.25, 0.3) is 0 Å². The molecule has 1 heterocycles. The summed E-state index contributed by atoms with van der Waals surface area (Å²) in [5.41, 5.74) is 4.58. The molecule has 1 amide bonds. The summed E-state index contributed by atoms with van der Waals surface area (Å²) in [6.07, 6.45) is 20.0. The Kier molecular flexibility index (Phi) is 13.7. The number of amides is 1. The minimum absolute atomic E-state index is 0.214. The number of hydrogen-bond donors (Lipinski definition) is 0. The highest BCUT2D eigenvalue weighted by Crippen LogP contribution is 2.41. The summed E-state index contributed by atoms with van der Waals surface area (Å²) in [5.74, 6) is 1.76. The number of allylic oxidation sites excluding steroid dienone is 5. The predicted molar refractivity (Wildman–Crippen MR) is 163 cm³/mol. The molecule has 1 aliphatic heterocycles. The Balaban J connectivity index is 0.000000474. The molecule has 2 aliphatic carbocycles. The Morgan fingerprint density at radius 1 is 0.947 bits per heavy atom. The van der Waals surface area contributed by atoms with Crippen LogP contribution in [0.4, 0.5) is 4.79 Å². The van der Waals surface area contributed by atoms with Crippen LogP contribution in [0.5, 0.6) is 0 Å². The number of rotatable bonds is 8. The molecule has 0 unspecified atom stereocenters. The average molecular weight is 528 g/mol. The lowest BCUT2D eigenvalue weighted by molar-refractivity contribution is 0.0168. The van der Waals surface area contributed by atoms with Gasteiger partial charge < -0.3 is 14.5 Å². The molecule has 0 aromatic heterocycles. The van der Waals surface area contributed by atoms with Crippen LogP contribution >= 0.6 is 0 Å². The fourth-order valence-electron chi connectivity index (χ4n) is 5.59. The monoisotopic (exact) mass is 527 g/mol. The zero-order valence-corrected chi connectivity index (χ0v) is 25.9. The van der Waals surface area contributed by atoms with Crippen LogP contribution in [0.1, 0.15) is 120 Å². The van der Waals surface area contributed by atoms with Gasteiger partial charge in [-0.2, -0.15) is 0 Å². The van der Waals surface area contributed by atoms with E-state index in [0.717, 1.165) is 31.1 Å². The van der Waals surface area contributed by atoms with Crippen molar-refractivity contribution in [2.45, 2.75) is 125 Å². The minimum atomic E-state index is -0.456. The molecule has 5 heteroatoms. The second-order valence-corrected chi connectivity index (χ2v) is 12.2. The number of carbonyl (C=O) groups is 1. The Labute approximate surface area is 234 Å². The van der Waals surface area contributed by atoms with Crippen LogP contribution in [0.25, 0.3) is 0 Å². The predicted octanol–water partition coefficient (Wildman–Crippen LogP) is 8.92. The number of piperazine rings is 1. The summed E-state index contributed by atoms with van der Waals surface area (Å²) in [6, 6.07) is 0. The zero-order valence-electron chi connectivity index (χ0n) is 25.9. The molecule has 0 atom stereocenters. The van der Waals surface area contributed by atoms with E-state index in [1.807, 2.05) is 31.9 Å². The minimum Gasteiger partial charge on any atom is -0.444 e. The summed E-state index contributed by atoms with van der Waals surface area (Å²) in [5, 5.41) is 0. The van der Waals surface area contributed by atoms with E-state index in [1.165, 1.54) is 74.6 Å². The molecule has 0 spiro atoms. The maximum absolute atomic E-state index is 12.4. The number of ether oxygens (including phenoxy) is 1. The van der Waals surface area contributed by atoms with Crippen molar-refractivity contribution in [3.8, 4) is 0 Å².